The smallest absolute Gasteiger partial charge is 0.262 e. The van der Waals surface area contributed by atoms with E-state index in [1.54, 1.807) is 6.92 Å². The van der Waals surface area contributed by atoms with E-state index in [1.807, 2.05) is 0 Å². The zero-order valence-electron chi connectivity index (χ0n) is 6.37. The largest absolute Gasteiger partial charge is 0.369 e. The van der Waals surface area contributed by atoms with Crippen LogP contribution in [0.25, 0.3) is 0 Å². The SMILES string of the molecule is CC1=NC(=O)C(C(N)=O)C=C1Br. The van der Waals surface area contributed by atoms with Gasteiger partial charge in [0.05, 0.1) is 5.71 Å². The second kappa shape index (κ2) is 3.18. The Hall–Kier alpha value is -0.970. The molecule has 1 aliphatic rings. The maximum atomic E-state index is 11.0. The normalized spacial score (nSPS) is 23.2. The van der Waals surface area contributed by atoms with Crippen molar-refractivity contribution in [1.29, 1.82) is 0 Å². The molecule has 1 heterocycles. The molecule has 0 fully saturated rings. The predicted molar refractivity (Wildman–Crippen MR) is 47.8 cm³/mol. The first-order valence-electron chi connectivity index (χ1n) is 3.28. The number of aliphatic imine (C=N–C) groups is 1. The predicted octanol–water partition coefficient (Wildman–Crippen LogP) is 0.368. The molecule has 4 nitrogen and oxygen atoms in total. The lowest BCUT2D eigenvalue weighted by Crippen LogP contribution is -2.30. The van der Waals surface area contributed by atoms with Gasteiger partial charge in [-0.15, -0.1) is 0 Å². The molecule has 1 rings (SSSR count). The van der Waals surface area contributed by atoms with Crippen molar-refractivity contribution < 1.29 is 9.59 Å². The number of hydrogen-bond donors (Lipinski definition) is 1. The Morgan fingerprint density at radius 3 is 2.83 bits per heavy atom. The van der Waals surface area contributed by atoms with Crippen molar-refractivity contribution in [2.45, 2.75) is 6.92 Å². The zero-order chi connectivity index (χ0) is 9.30. The van der Waals surface area contributed by atoms with Crippen molar-refractivity contribution in [3.63, 3.8) is 0 Å². The van der Waals surface area contributed by atoms with Crippen LogP contribution in [0.3, 0.4) is 0 Å². The summed E-state index contributed by atoms with van der Waals surface area (Å²) >= 11 is 3.16. The van der Waals surface area contributed by atoms with E-state index in [2.05, 4.69) is 20.9 Å². The van der Waals surface area contributed by atoms with Crippen LogP contribution in [0.5, 0.6) is 0 Å². The fourth-order valence-corrected chi connectivity index (χ4v) is 1.18. The van der Waals surface area contributed by atoms with Crippen molar-refractivity contribution in [3.8, 4) is 0 Å². The van der Waals surface area contributed by atoms with Crippen LogP contribution in [0.2, 0.25) is 0 Å². The Labute approximate surface area is 77.7 Å². The number of nitrogens with zero attached hydrogens (tertiary/aromatic N) is 1. The summed E-state index contributed by atoms with van der Waals surface area (Å²) in [7, 11) is 0. The van der Waals surface area contributed by atoms with Crippen molar-refractivity contribution in [1.82, 2.24) is 0 Å². The minimum absolute atomic E-state index is 0.497. The second-order valence-electron chi connectivity index (χ2n) is 2.43. The van der Waals surface area contributed by atoms with Gasteiger partial charge in [0, 0.05) is 4.48 Å². The molecule has 0 aromatic rings. The number of carbonyl (C=O) groups is 2. The highest BCUT2D eigenvalue weighted by Crippen LogP contribution is 2.18. The summed E-state index contributed by atoms with van der Waals surface area (Å²) < 4.78 is 0.644. The Morgan fingerprint density at radius 1 is 1.75 bits per heavy atom. The highest BCUT2D eigenvalue weighted by atomic mass is 79.9. The first-order valence-corrected chi connectivity index (χ1v) is 4.08. The molecular weight excluding hydrogens is 224 g/mol. The molecule has 0 aliphatic carbocycles. The van der Waals surface area contributed by atoms with Gasteiger partial charge in [-0.1, -0.05) is 0 Å². The first kappa shape index (κ1) is 9.12. The zero-order valence-corrected chi connectivity index (χ0v) is 7.96. The fraction of sp³-hybridized carbons (Fsp3) is 0.286. The van der Waals surface area contributed by atoms with Crippen LogP contribution in [-0.4, -0.2) is 17.5 Å². The number of rotatable bonds is 1. The average molecular weight is 231 g/mol. The Kier molecular flexibility index (Phi) is 2.42. The van der Waals surface area contributed by atoms with Gasteiger partial charge in [0.25, 0.3) is 5.91 Å². The van der Waals surface area contributed by atoms with Crippen molar-refractivity contribution in [3.05, 3.63) is 10.6 Å². The van der Waals surface area contributed by atoms with Crippen molar-refractivity contribution in [2.24, 2.45) is 16.6 Å². The third-order valence-corrected chi connectivity index (χ3v) is 2.35. The lowest BCUT2D eigenvalue weighted by molar-refractivity contribution is -0.129. The van der Waals surface area contributed by atoms with Crippen molar-refractivity contribution >= 4 is 33.5 Å². The van der Waals surface area contributed by atoms with E-state index in [-0.39, 0.29) is 0 Å². The van der Waals surface area contributed by atoms with Gasteiger partial charge in [0.2, 0.25) is 5.91 Å². The Balaban J connectivity index is 2.99. The molecule has 0 spiro atoms. The summed E-state index contributed by atoms with van der Waals surface area (Å²) in [5, 5.41) is 0. The first-order chi connectivity index (χ1) is 5.52. The molecule has 0 radical (unpaired) electrons. The van der Waals surface area contributed by atoms with E-state index in [9.17, 15) is 9.59 Å². The van der Waals surface area contributed by atoms with E-state index in [1.165, 1.54) is 6.08 Å². The van der Waals surface area contributed by atoms with Gasteiger partial charge in [0.1, 0.15) is 5.92 Å². The molecule has 0 aromatic carbocycles. The molecule has 12 heavy (non-hydrogen) atoms. The molecule has 5 heteroatoms. The van der Waals surface area contributed by atoms with E-state index in [4.69, 9.17) is 5.73 Å². The van der Waals surface area contributed by atoms with E-state index >= 15 is 0 Å². The maximum absolute atomic E-state index is 11.0. The number of dihydropyridines is 1. The van der Waals surface area contributed by atoms with Crippen LogP contribution in [0.4, 0.5) is 0 Å². The summed E-state index contributed by atoms with van der Waals surface area (Å²) in [5.74, 6) is -2.08. The third-order valence-electron chi connectivity index (χ3n) is 1.51. The van der Waals surface area contributed by atoms with Crippen LogP contribution in [0.1, 0.15) is 6.92 Å². The number of allylic oxidation sites excluding steroid dienone is 1. The highest BCUT2D eigenvalue weighted by Gasteiger charge is 2.25. The fourth-order valence-electron chi connectivity index (χ4n) is 0.830. The van der Waals surface area contributed by atoms with Gasteiger partial charge in [0.15, 0.2) is 0 Å². The van der Waals surface area contributed by atoms with E-state index in [0.29, 0.717) is 10.2 Å². The molecule has 1 aliphatic heterocycles. The number of primary amides is 1. The number of nitrogens with two attached hydrogens (primary N) is 1. The molecule has 0 aromatic heterocycles. The standard InChI is InChI=1S/C7H7BrN2O2/c1-3-5(8)2-4(6(9)11)7(12)10-3/h2,4H,1H3,(H2,9,11). The molecule has 2 amide bonds. The minimum atomic E-state index is -0.914. The quantitative estimate of drug-likeness (QED) is 0.662. The monoisotopic (exact) mass is 230 g/mol. The van der Waals surface area contributed by atoms with Crippen LogP contribution in [0, 0.1) is 5.92 Å². The molecule has 1 unspecified atom stereocenters. The molecular formula is C7H7BrN2O2. The second-order valence-corrected chi connectivity index (χ2v) is 3.28. The summed E-state index contributed by atoms with van der Waals surface area (Å²) in [5.41, 5.74) is 5.54. The topological polar surface area (TPSA) is 72.5 Å². The average Bonchev–Trinajstić information content (AvgIpc) is 1.96. The third kappa shape index (κ3) is 1.61. The van der Waals surface area contributed by atoms with Gasteiger partial charge in [-0.05, 0) is 28.9 Å². The number of hydrogen-bond acceptors (Lipinski definition) is 2. The molecule has 0 bridgehead atoms. The van der Waals surface area contributed by atoms with Crippen LogP contribution < -0.4 is 5.73 Å². The van der Waals surface area contributed by atoms with E-state index < -0.39 is 17.7 Å². The van der Waals surface area contributed by atoms with Crippen LogP contribution in [0.15, 0.2) is 15.6 Å². The van der Waals surface area contributed by atoms with Gasteiger partial charge >= 0.3 is 0 Å². The summed E-state index contributed by atoms with van der Waals surface area (Å²) in [6.45, 7) is 1.68. The number of carbonyl (C=O) groups excluding carboxylic acids is 2. The van der Waals surface area contributed by atoms with Gasteiger partial charge < -0.3 is 5.73 Å². The Bertz CT molecular complexity index is 307. The minimum Gasteiger partial charge on any atom is -0.369 e. The van der Waals surface area contributed by atoms with Gasteiger partial charge in [-0.25, -0.2) is 4.99 Å². The van der Waals surface area contributed by atoms with Crippen LogP contribution in [-0.2, 0) is 9.59 Å². The maximum Gasteiger partial charge on any atom is 0.262 e. The van der Waals surface area contributed by atoms with Gasteiger partial charge in [-0.2, -0.15) is 0 Å². The highest BCUT2D eigenvalue weighted by molar-refractivity contribution is 9.12. The van der Waals surface area contributed by atoms with Crippen molar-refractivity contribution in [2.75, 3.05) is 0 Å². The lowest BCUT2D eigenvalue weighted by atomic mass is 10.0. The summed E-state index contributed by atoms with van der Waals surface area (Å²) in [6, 6.07) is 0. The summed E-state index contributed by atoms with van der Waals surface area (Å²) in [6.07, 6.45) is 1.47. The van der Waals surface area contributed by atoms with E-state index in [0.717, 1.165) is 0 Å². The molecule has 1 atom stereocenters. The molecule has 0 saturated carbocycles. The van der Waals surface area contributed by atoms with Gasteiger partial charge in [-0.3, -0.25) is 9.59 Å². The molecule has 64 valence electrons. The summed E-state index contributed by atoms with van der Waals surface area (Å²) in [4.78, 5) is 25.3. The Morgan fingerprint density at radius 2 is 2.33 bits per heavy atom. The number of halogens is 1. The number of amides is 2. The molecule has 0 saturated heterocycles. The lowest BCUT2D eigenvalue weighted by Gasteiger charge is -2.11. The van der Waals surface area contributed by atoms with Crippen LogP contribution >= 0.6 is 15.9 Å². The molecule has 2 N–H and O–H groups in total.